The van der Waals surface area contributed by atoms with Gasteiger partial charge in [0.1, 0.15) is 5.82 Å². The lowest BCUT2D eigenvalue weighted by Gasteiger charge is -2.00. The van der Waals surface area contributed by atoms with Crippen LogP contribution in [0.25, 0.3) is 0 Å². The van der Waals surface area contributed by atoms with Crippen molar-refractivity contribution in [1.29, 1.82) is 0 Å². The topological polar surface area (TPSA) is 50.1 Å². The van der Waals surface area contributed by atoms with Crippen LogP contribution >= 0.6 is 23.7 Å². The molecule has 0 spiro atoms. The maximum Gasteiger partial charge on any atom is 0.176 e. The van der Waals surface area contributed by atoms with Gasteiger partial charge in [0.05, 0.1) is 19.7 Å². The number of nitrogens with zero attached hydrogens (tertiary/aromatic N) is 2. The van der Waals surface area contributed by atoms with Gasteiger partial charge in [-0.05, 0) is 12.1 Å². The van der Waals surface area contributed by atoms with Gasteiger partial charge in [-0.15, -0.1) is 23.7 Å². The lowest BCUT2D eigenvalue weighted by Crippen LogP contribution is -2.04. The van der Waals surface area contributed by atoms with Gasteiger partial charge in [-0.3, -0.25) is 4.68 Å². The van der Waals surface area contributed by atoms with Crippen molar-refractivity contribution in [2.75, 3.05) is 11.9 Å². The molecule has 0 fully saturated rings. The van der Waals surface area contributed by atoms with E-state index >= 15 is 0 Å². The molecule has 2 aromatic rings. The van der Waals surface area contributed by atoms with E-state index in [9.17, 15) is 4.39 Å². The molecular weight excluding hydrogens is 265 g/mol. The van der Waals surface area contributed by atoms with E-state index in [2.05, 4.69) is 10.4 Å². The number of halogens is 2. The van der Waals surface area contributed by atoms with Gasteiger partial charge < -0.3 is 10.4 Å². The molecule has 0 radical (unpaired) electrons. The third-order valence-corrected chi connectivity index (χ3v) is 2.92. The van der Waals surface area contributed by atoms with Gasteiger partial charge in [-0.1, -0.05) is 0 Å². The molecule has 0 aliphatic rings. The van der Waals surface area contributed by atoms with E-state index in [-0.39, 0.29) is 24.1 Å². The number of rotatable bonds is 5. The molecule has 0 bridgehead atoms. The van der Waals surface area contributed by atoms with Gasteiger partial charge in [0.25, 0.3) is 0 Å². The van der Waals surface area contributed by atoms with Crippen molar-refractivity contribution < 1.29 is 9.50 Å². The van der Waals surface area contributed by atoms with Crippen molar-refractivity contribution in [2.45, 2.75) is 13.1 Å². The summed E-state index contributed by atoms with van der Waals surface area (Å²) in [5, 5.41) is 15.8. The molecule has 2 rings (SSSR count). The molecule has 0 atom stereocenters. The highest BCUT2D eigenvalue weighted by Crippen LogP contribution is 2.15. The normalized spacial score (nSPS) is 10.0. The summed E-state index contributed by atoms with van der Waals surface area (Å²) in [6.45, 7) is 1.11. The Kier molecular flexibility index (Phi) is 5.40. The molecule has 2 aromatic heterocycles. The van der Waals surface area contributed by atoms with Crippen LogP contribution in [0.1, 0.15) is 4.88 Å². The number of nitrogens with one attached hydrogen (secondary N) is 1. The van der Waals surface area contributed by atoms with Crippen LogP contribution in [0.3, 0.4) is 0 Å². The third-order valence-electron chi connectivity index (χ3n) is 2.04. The summed E-state index contributed by atoms with van der Waals surface area (Å²) in [5.74, 6) is 0.724. The Labute approximate surface area is 108 Å². The fraction of sp³-hybridized carbons (Fsp3) is 0.300. The molecule has 0 saturated carbocycles. The standard InChI is InChI=1S/C10H12FN3OS.ClH/c11-9-2-1-8(16-9)7-12-10-3-4-14(13-10)5-6-15;/h1-4,15H,5-7H2,(H,12,13);1H. The molecule has 17 heavy (non-hydrogen) atoms. The number of thiophene rings is 1. The molecule has 0 saturated heterocycles. The predicted molar refractivity (Wildman–Crippen MR) is 68.2 cm³/mol. The second-order valence-electron chi connectivity index (χ2n) is 3.25. The van der Waals surface area contributed by atoms with E-state index in [1.54, 1.807) is 16.9 Å². The Morgan fingerprint density at radius 3 is 2.88 bits per heavy atom. The summed E-state index contributed by atoms with van der Waals surface area (Å²) in [6, 6.07) is 5.02. The Hall–Kier alpha value is -1.11. The van der Waals surface area contributed by atoms with E-state index in [1.807, 2.05) is 6.07 Å². The number of aliphatic hydroxyl groups is 1. The van der Waals surface area contributed by atoms with E-state index in [1.165, 1.54) is 6.07 Å². The van der Waals surface area contributed by atoms with Gasteiger partial charge >= 0.3 is 0 Å². The zero-order valence-corrected chi connectivity index (χ0v) is 10.6. The quantitative estimate of drug-likeness (QED) is 0.880. The average molecular weight is 278 g/mol. The van der Waals surface area contributed by atoms with Gasteiger partial charge in [-0.2, -0.15) is 9.49 Å². The van der Waals surface area contributed by atoms with Crippen LogP contribution in [0, 0.1) is 5.13 Å². The first kappa shape index (κ1) is 14.0. The molecule has 0 amide bonds. The van der Waals surface area contributed by atoms with Crippen molar-refractivity contribution in [3.63, 3.8) is 0 Å². The number of hydrogen-bond acceptors (Lipinski definition) is 4. The smallest absolute Gasteiger partial charge is 0.176 e. The van der Waals surface area contributed by atoms with Crippen molar-refractivity contribution >= 4 is 29.6 Å². The van der Waals surface area contributed by atoms with Crippen LogP contribution in [-0.4, -0.2) is 21.5 Å². The first-order valence-electron chi connectivity index (χ1n) is 4.90. The first-order valence-corrected chi connectivity index (χ1v) is 5.72. The van der Waals surface area contributed by atoms with E-state index in [0.717, 1.165) is 22.0 Å². The highest BCUT2D eigenvalue weighted by Gasteiger charge is 2.01. The molecule has 0 aliphatic carbocycles. The summed E-state index contributed by atoms with van der Waals surface area (Å²) in [5.41, 5.74) is 0. The van der Waals surface area contributed by atoms with Gasteiger partial charge in [0, 0.05) is 17.1 Å². The summed E-state index contributed by atoms with van der Waals surface area (Å²) < 4.78 is 14.4. The summed E-state index contributed by atoms with van der Waals surface area (Å²) in [4.78, 5) is 0.925. The zero-order chi connectivity index (χ0) is 11.4. The van der Waals surface area contributed by atoms with Crippen LogP contribution in [-0.2, 0) is 13.1 Å². The second kappa shape index (κ2) is 6.58. The lowest BCUT2D eigenvalue weighted by molar-refractivity contribution is 0.269. The second-order valence-corrected chi connectivity index (χ2v) is 4.37. The van der Waals surface area contributed by atoms with Gasteiger partial charge in [0.2, 0.25) is 0 Å². The first-order chi connectivity index (χ1) is 7.78. The average Bonchev–Trinajstić information content (AvgIpc) is 2.85. The highest BCUT2D eigenvalue weighted by molar-refractivity contribution is 7.10. The van der Waals surface area contributed by atoms with Crippen molar-refractivity contribution in [3.8, 4) is 0 Å². The van der Waals surface area contributed by atoms with Crippen molar-refractivity contribution in [2.24, 2.45) is 0 Å². The molecule has 7 heteroatoms. The molecular formula is C10H13ClFN3OS. The Bertz CT molecular complexity index is 460. The fourth-order valence-corrected chi connectivity index (χ4v) is 1.97. The molecule has 4 nitrogen and oxygen atoms in total. The summed E-state index contributed by atoms with van der Waals surface area (Å²) in [6.07, 6.45) is 1.79. The Balaban J connectivity index is 0.00000144. The fourth-order valence-electron chi connectivity index (χ4n) is 1.31. The summed E-state index contributed by atoms with van der Waals surface area (Å²) in [7, 11) is 0. The molecule has 0 aliphatic heterocycles. The van der Waals surface area contributed by atoms with Gasteiger partial charge in [0.15, 0.2) is 5.13 Å². The van der Waals surface area contributed by atoms with E-state index in [4.69, 9.17) is 5.11 Å². The van der Waals surface area contributed by atoms with Crippen LogP contribution < -0.4 is 5.32 Å². The number of aliphatic hydroxyl groups excluding tert-OH is 1. The highest BCUT2D eigenvalue weighted by atomic mass is 35.5. The molecule has 94 valence electrons. The monoisotopic (exact) mass is 277 g/mol. The van der Waals surface area contributed by atoms with Crippen LogP contribution in [0.5, 0.6) is 0 Å². The molecule has 2 N–H and O–H groups in total. The Morgan fingerprint density at radius 1 is 1.41 bits per heavy atom. The summed E-state index contributed by atoms with van der Waals surface area (Å²) >= 11 is 1.12. The molecule has 0 aromatic carbocycles. The minimum atomic E-state index is -0.178. The van der Waals surface area contributed by atoms with Crippen LogP contribution in [0.4, 0.5) is 10.2 Å². The Morgan fingerprint density at radius 2 is 2.24 bits per heavy atom. The minimum absolute atomic E-state index is 0. The predicted octanol–water partition coefficient (Wildman–Crippen LogP) is 2.11. The number of aromatic nitrogens is 2. The third kappa shape index (κ3) is 3.99. The van der Waals surface area contributed by atoms with Crippen molar-refractivity contribution in [3.05, 3.63) is 34.4 Å². The lowest BCUT2D eigenvalue weighted by atomic mass is 10.4. The largest absolute Gasteiger partial charge is 0.394 e. The molecule has 0 unspecified atom stereocenters. The SMILES string of the molecule is Cl.OCCn1ccc(NCc2ccc(F)s2)n1. The van der Waals surface area contributed by atoms with Gasteiger partial charge in [-0.25, -0.2) is 0 Å². The van der Waals surface area contributed by atoms with E-state index in [0.29, 0.717) is 13.1 Å². The number of hydrogen-bond donors (Lipinski definition) is 2. The number of anilines is 1. The maximum absolute atomic E-state index is 12.7. The maximum atomic E-state index is 12.7. The van der Waals surface area contributed by atoms with E-state index < -0.39 is 0 Å². The van der Waals surface area contributed by atoms with Crippen LogP contribution in [0.15, 0.2) is 24.4 Å². The molecule has 2 heterocycles. The zero-order valence-electron chi connectivity index (χ0n) is 8.97. The van der Waals surface area contributed by atoms with Crippen LogP contribution in [0.2, 0.25) is 0 Å². The minimum Gasteiger partial charge on any atom is -0.394 e. The van der Waals surface area contributed by atoms with Crippen molar-refractivity contribution in [1.82, 2.24) is 9.78 Å².